The Bertz CT molecular complexity index is 511. The minimum absolute atomic E-state index is 0.282. The van der Waals surface area contributed by atoms with Crippen molar-refractivity contribution in [2.75, 3.05) is 6.61 Å². The normalized spacial score (nSPS) is 34.0. The summed E-state index contributed by atoms with van der Waals surface area (Å²) in [4.78, 5) is 23.9. The highest BCUT2D eigenvalue weighted by atomic mass is 16.6. The minimum atomic E-state index is -1.27. The van der Waals surface area contributed by atoms with Crippen molar-refractivity contribution in [3.8, 4) is 0 Å². The Morgan fingerprint density at radius 2 is 1.58 bits per heavy atom. The van der Waals surface area contributed by atoms with Crippen LogP contribution in [-0.4, -0.2) is 24.1 Å². The SMILES string of the molecule is C=C(C)C(=O)OC(C)(C)C(=O)OCCC12CC3CC(CC(C3)C1)C2. The quantitative estimate of drug-likeness (QED) is 0.543. The van der Waals surface area contributed by atoms with Gasteiger partial charge < -0.3 is 9.47 Å². The molecule has 4 heteroatoms. The topological polar surface area (TPSA) is 52.6 Å². The van der Waals surface area contributed by atoms with Gasteiger partial charge in [0.1, 0.15) is 0 Å². The van der Waals surface area contributed by atoms with Crippen LogP contribution >= 0.6 is 0 Å². The maximum Gasteiger partial charge on any atom is 0.350 e. The Hall–Kier alpha value is -1.32. The Balaban J connectivity index is 1.50. The fraction of sp³-hybridized carbons (Fsp3) is 0.800. The Kier molecular flexibility index (Phi) is 4.52. The smallest absolute Gasteiger partial charge is 0.350 e. The van der Waals surface area contributed by atoms with Crippen LogP contribution in [0.4, 0.5) is 0 Å². The summed E-state index contributed by atoms with van der Waals surface area (Å²) in [7, 11) is 0. The highest BCUT2D eigenvalue weighted by Gasteiger charge is 2.50. The van der Waals surface area contributed by atoms with Gasteiger partial charge in [-0.05, 0) is 88.9 Å². The molecule has 24 heavy (non-hydrogen) atoms. The van der Waals surface area contributed by atoms with Crippen LogP contribution in [-0.2, 0) is 19.1 Å². The van der Waals surface area contributed by atoms with E-state index in [-0.39, 0.29) is 5.57 Å². The molecule has 0 aromatic rings. The van der Waals surface area contributed by atoms with Crippen molar-refractivity contribution < 1.29 is 19.1 Å². The molecule has 4 nitrogen and oxygen atoms in total. The van der Waals surface area contributed by atoms with E-state index in [1.807, 2.05) is 0 Å². The van der Waals surface area contributed by atoms with E-state index in [0.29, 0.717) is 12.0 Å². The number of rotatable bonds is 6. The highest BCUT2D eigenvalue weighted by Crippen LogP contribution is 2.61. The number of ether oxygens (including phenoxy) is 2. The lowest BCUT2D eigenvalue weighted by Crippen LogP contribution is -2.46. The van der Waals surface area contributed by atoms with Crippen molar-refractivity contribution in [1.29, 1.82) is 0 Å². The van der Waals surface area contributed by atoms with Crippen molar-refractivity contribution >= 4 is 11.9 Å². The first-order valence-electron chi connectivity index (χ1n) is 9.25. The highest BCUT2D eigenvalue weighted by molar-refractivity contribution is 5.90. The second-order valence-corrected chi connectivity index (χ2v) is 8.98. The van der Waals surface area contributed by atoms with E-state index in [2.05, 4.69) is 6.58 Å². The number of carbonyl (C=O) groups is 2. The number of carbonyl (C=O) groups excluding carboxylic acids is 2. The van der Waals surface area contributed by atoms with Gasteiger partial charge in [-0.25, -0.2) is 9.59 Å². The molecule has 0 aromatic heterocycles. The molecule has 0 saturated heterocycles. The van der Waals surface area contributed by atoms with Gasteiger partial charge in [-0.15, -0.1) is 0 Å². The summed E-state index contributed by atoms with van der Waals surface area (Å²) in [6, 6.07) is 0. The van der Waals surface area contributed by atoms with E-state index < -0.39 is 17.5 Å². The van der Waals surface area contributed by atoms with Crippen LogP contribution in [0.25, 0.3) is 0 Å². The fourth-order valence-electron chi connectivity index (χ4n) is 5.49. The molecule has 0 aliphatic heterocycles. The van der Waals surface area contributed by atoms with Crippen LogP contribution in [0, 0.1) is 23.2 Å². The van der Waals surface area contributed by atoms with Crippen molar-refractivity contribution in [1.82, 2.24) is 0 Å². The summed E-state index contributed by atoms with van der Waals surface area (Å²) >= 11 is 0. The average molecular weight is 334 g/mol. The monoisotopic (exact) mass is 334 g/mol. The average Bonchev–Trinajstić information content (AvgIpc) is 2.44. The van der Waals surface area contributed by atoms with E-state index in [1.54, 1.807) is 20.8 Å². The molecule has 0 spiro atoms. The lowest BCUT2D eigenvalue weighted by atomic mass is 9.49. The predicted octanol–water partition coefficient (Wildman–Crippen LogP) is 4.03. The summed E-state index contributed by atoms with van der Waals surface area (Å²) in [5.74, 6) is 1.68. The van der Waals surface area contributed by atoms with Crippen molar-refractivity contribution in [2.45, 2.75) is 71.3 Å². The summed E-state index contributed by atoms with van der Waals surface area (Å²) in [6.07, 6.45) is 9.14. The summed E-state index contributed by atoms with van der Waals surface area (Å²) in [6.45, 7) is 8.68. The number of hydrogen-bond donors (Lipinski definition) is 0. The fourth-order valence-corrected chi connectivity index (χ4v) is 5.49. The van der Waals surface area contributed by atoms with Crippen molar-refractivity contribution in [2.24, 2.45) is 23.2 Å². The second kappa shape index (κ2) is 6.20. The van der Waals surface area contributed by atoms with Gasteiger partial charge >= 0.3 is 11.9 Å². The number of hydrogen-bond acceptors (Lipinski definition) is 4. The summed E-state index contributed by atoms with van der Waals surface area (Å²) in [5.41, 5.74) is -0.588. The van der Waals surface area contributed by atoms with E-state index in [9.17, 15) is 9.59 Å². The zero-order valence-corrected chi connectivity index (χ0v) is 15.2. The second-order valence-electron chi connectivity index (χ2n) is 8.98. The summed E-state index contributed by atoms with van der Waals surface area (Å²) in [5, 5.41) is 0. The van der Waals surface area contributed by atoms with Crippen LogP contribution in [0.5, 0.6) is 0 Å². The van der Waals surface area contributed by atoms with Gasteiger partial charge in [-0.1, -0.05) is 6.58 Å². The van der Waals surface area contributed by atoms with Crippen LogP contribution in [0.1, 0.15) is 65.7 Å². The number of esters is 2. The Morgan fingerprint density at radius 3 is 2.04 bits per heavy atom. The van der Waals surface area contributed by atoms with Crippen LogP contribution in [0.15, 0.2) is 12.2 Å². The third-order valence-electron chi connectivity index (χ3n) is 6.22. The largest absolute Gasteiger partial charge is 0.463 e. The van der Waals surface area contributed by atoms with Gasteiger partial charge in [0, 0.05) is 5.57 Å². The minimum Gasteiger partial charge on any atom is -0.463 e. The first kappa shape index (κ1) is 17.5. The van der Waals surface area contributed by atoms with E-state index in [1.165, 1.54) is 38.5 Å². The Labute approximate surface area is 145 Å². The molecule has 0 atom stereocenters. The molecule has 0 aromatic carbocycles. The molecule has 0 amide bonds. The molecule has 4 bridgehead atoms. The predicted molar refractivity (Wildman–Crippen MR) is 91.2 cm³/mol. The molecule has 0 N–H and O–H groups in total. The van der Waals surface area contributed by atoms with Gasteiger partial charge in [-0.3, -0.25) is 0 Å². The molecule has 4 fully saturated rings. The maximum absolute atomic E-state index is 12.3. The molecule has 4 aliphatic rings. The van der Waals surface area contributed by atoms with E-state index in [4.69, 9.17) is 9.47 Å². The van der Waals surface area contributed by atoms with Crippen LogP contribution < -0.4 is 0 Å². The molecular weight excluding hydrogens is 304 g/mol. The van der Waals surface area contributed by atoms with Crippen molar-refractivity contribution in [3.05, 3.63) is 12.2 Å². The van der Waals surface area contributed by atoms with Gasteiger partial charge in [0.15, 0.2) is 0 Å². The molecule has 0 radical (unpaired) electrons. The summed E-state index contributed by atoms with van der Waals surface area (Å²) < 4.78 is 10.7. The van der Waals surface area contributed by atoms with Gasteiger partial charge in [0.05, 0.1) is 6.61 Å². The molecular formula is C20H30O4. The lowest BCUT2D eigenvalue weighted by molar-refractivity contribution is -0.177. The lowest BCUT2D eigenvalue weighted by Gasteiger charge is -2.57. The van der Waals surface area contributed by atoms with Gasteiger partial charge in [0.2, 0.25) is 5.60 Å². The molecule has 134 valence electrons. The van der Waals surface area contributed by atoms with E-state index in [0.717, 1.165) is 24.2 Å². The zero-order valence-electron chi connectivity index (χ0n) is 15.2. The van der Waals surface area contributed by atoms with Crippen LogP contribution in [0.2, 0.25) is 0 Å². The van der Waals surface area contributed by atoms with Crippen LogP contribution in [0.3, 0.4) is 0 Å². The van der Waals surface area contributed by atoms with Gasteiger partial charge in [0.25, 0.3) is 0 Å². The third kappa shape index (κ3) is 3.52. The molecule has 4 aliphatic carbocycles. The van der Waals surface area contributed by atoms with E-state index >= 15 is 0 Å². The van der Waals surface area contributed by atoms with Crippen molar-refractivity contribution in [3.63, 3.8) is 0 Å². The van der Waals surface area contributed by atoms with Gasteiger partial charge in [-0.2, -0.15) is 0 Å². The molecule has 0 heterocycles. The molecule has 4 saturated carbocycles. The molecule has 0 unspecified atom stereocenters. The standard InChI is InChI=1S/C20H30O4/c1-13(2)17(21)24-19(3,4)18(22)23-6-5-20-10-14-7-15(11-20)9-16(8-14)12-20/h14-16H,1,5-12H2,2-4H3. The first-order valence-corrected chi connectivity index (χ1v) is 9.25. The Morgan fingerprint density at radius 1 is 1.08 bits per heavy atom. The zero-order chi connectivity index (χ0) is 17.5. The third-order valence-corrected chi connectivity index (χ3v) is 6.22. The maximum atomic E-state index is 12.3. The first-order chi connectivity index (χ1) is 11.2. The molecule has 4 rings (SSSR count).